The maximum atomic E-state index is 12.1. The van der Waals surface area contributed by atoms with Gasteiger partial charge in [-0.3, -0.25) is 10.1 Å². The van der Waals surface area contributed by atoms with E-state index in [0.29, 0.717) is 13.2 Å². The highest BCUT2D eigenvalue weighted by atomic mass is 16.5. The van der Waals surface area contributed by atoms with E-state index in [4.69, 9.17) is 9.47 Å². The van der Waals surface area contributed by atoms with Crippen molar-refractivity contribution in [2.75, 3.05) is 19.8 Å². The predicted molar refractivity (Wildman–Crippen MR) is 82.9 cm³/mol. The number of carbonyl (C=O) groups excluding carboxylic acids is 1. The van der Waals surface area contributed by atoms with Gasteiger partial charge in [0.15, 0.2) is 0 Å². The molecule has 0 heterocycles. The molecular weight excluding hydrogens is 254 g/mol. The van der Waals surface area contributed by atoms with Gasteiger partial charge < -0.3 is 9.47 Å². The third-order valence-electron chi connectivity index (χ3n) is 3.19. The summed E-state index contributed by atoms with van der Waals surface area (Å²) in [5.41, 5.74) is -0.614. The van der Waals surface area contributed by atoms with Crippen LogP contribution >= 0.6 is 0 Å². The summed E-state index contributed by atoms with van der Waals surface area (Å²) in [5, 5.41) is 3.32. The Kier molecular flexibility index (Phi) is 10.8. The molecule has 1 atom stereocenters. The van der Waals surface area contributed by atoms with Crippen LogP contribution in [0.3, 0.4) is 0 Å². The summed E-state index contributed by atoms with van der Waals surface area (Å²) in [7, 11) is 0. The Labute approximate surface area is 124 Å². The largest absolute Gasteiger partial charge is 0.465 e. The second kappa shape index (κ2) is 11.1. The Bertz CT molecular complexity index is 256. The second-order valence-electron chi connectivity index (χ2n) is 5.77. The van der Waals surface area contributed by atoms with Crippen LogP contribution in [-0.2, 0) is 14.3 Å². The third-order valence-corrected chi connectivity index (χ3v) is 3.19. The molecule has 0 aromatic rings. The van der Waals surface area contributed by atoms with Gasteiger partial charge in [-0.15, -0.1) is 0 Å². The SMILES string of the molecule is CCCCCOCCCC(C)(NC(C)C)C(=O)OCC. The summed E-state index contributed by atoms with van der Waals surface area (Å²) in [6, 6.07) is 0.245. The standard InChI is InChI=1S/C16H33NO3/c1-6-8-9-12-19-13-10-11-16(5,17-14(3)4)15(18)20-7-2/h14,17H,6-13H2,1-5H3. The Morgan fingerprint density at radius 3 is 2.35 bits per heavy atom. The fraction of sp³-hybridized carbons (Fsp3) is 0.938. The van der Waals surface area contributed by atoms with Crippen LogP contribution in [0.15, 0.2) is 0 Å². The van der Waals surface area contributed by atoms with Gasteiger partial charge in [0.2, 0.25) is 0 Å². The van der Waals surface area contributed by atoms with Crippen molar-refractivity contribution in [3.8, 4) is 0 Å². The number of hydrogen-bond acceptors (Lipinski definition) is 4. The van der Waals surface area contributed by atoms with Crippen LogP contribution in [0.1, 0.15) is 66.7 Å². The summed E-state index contributed by atoms with van der Waals surface area (Å²) < 4.78 is 10.8. The maximum Gasteiger partial charge on any atom is 0.326 e. The van der Waals surface area contributed by atoms with Crippen molar-refractivity contribution in [1.29, 1.82) is 0 Å². The summed E-state index contributed by atoms with van der Waals surface area (Å²) in [5.74, 6) is -0.167. The van der Waals surface area contributed by atoms with Gasteiger partial charge in [0.1, 0.15) is 5.54 Å². The lowest BCUT2D eigenvalue weighted by molar-refractivity contribution is -0.151. The fourth-order valence-corrected chi connectivity index (χ4v) is 2.24. The van der Waals surface area contributed by atoms with E-state index in [0.717, 1.165) is 25.9 Å². The smallest absolute Gasteiger partial charge is 0.326 e. The van der Waals surface area contributed by atoms with Gasteiger partial charge in [-0.25, -0.2) is 0 Å². The molecule has 0 fully saturated rings. The van der Waals surface area contributed by atoms with Crippen molar-refractivity contribution in [1.82, 2.24) is 5.32 Å². The molecule has 0 saturated carbocycles. The number of carbonyl (C=O) groups is 1. The molecule has 0 radical (unpaired) electrons. The van der Waals surface area contributed by atoms with Crippen LogP contribution in [0.4, 0.5) is 0 Å². The molecule has 0 rings (SSSR count). The zero-order valence-electron chi connectivity index (χ0n) is 14.0. The minimum Gasteiger partial charge on any atom is -0.465 e. The molecule has 120 valence electrons. The third kappa shape index (κ3) is 8.54. The van der Waals surface area contributed by atoms with Crippen LogP contribution < -0.4 is 5.32 Å². The maximum absolute atomic E-state index is 12.1. The van der Waals surface area contributed by atoms with E-state index in [9.17, 15) is 4.79 Å². The first-order valence-corrected chi connectivity index (χ1v) is 7.99. The highest BCUT2D eigenvalue weighted by Crippen LogP contribution is 2.16. The van der Waals surface area contributed by atoms with Gasteiger partial charge in [-0.2, -0.15) is 0 Å². The highest BCUT2D eigenvalue weighted by Gasteiger charge is 2.34. The second-order valence-corrected chi connectivity index (χ2v) is 5.77. The Balaban J connectivity index is 4.07. The molecule has 0 aromatic heterocycles. The molecule has 20 heavy (non-hydrogen) atoms. The zero-order valence-corrected chi connectivity index (χ0v) is 14.0. The van der Waals surface area contributed by atoms with E-state index >= 15 is 0 Å². The van der Waals surface area contributed by atoms with Crippen molar-refractivity contribution in [2.24, 2.45) is 0 Å². The summed E-state index contributed by atoms with van der Waals surface area (Å²) in [4.78, 5) is 12.1. The predicted octanol–water partition coefficient (Wildman–Crippen LogP) is 3.29. The Hall–Kier alpha value is -0.610. The van der Waals surface area contributed by atoms with Crippen molar-refractivity contribution in [2.45, 2.75) is 78.3 Å². The zero-order chi connectivity index (χ0) is 15.4. The summed E-state index contributed by atoms with van der Waals surface area (Å²) in [6.45, 7) is 12.0. The first kappa shape index (κ1) is 19.4. The molecule has 0 aromatic carbocycles. The lowest BCUT2D eigenvalue weighted by Gasteiger charge is -2.30. The van der Waals surface area contributed by atoms with Crippen molar-refractivity contribution in [3.63, 3.8) is 0 Å². The highest BCUT2D eigenvalue weighted by molar-refractivity contribution is 5.80. The fourth-order valence-electron chi connectivity index (χ4n) is 2.24. The quantitative estimate of drug-likeness (QED) is 0.442. The minimum atomic E-state index is -0.614. The number of hydrogen-bond donors (Lipinski definition) is 1. The lowest BCUT2D eigenvalue weighted by atomic mass is 9.95. The van der Waals surface area contributed by atoms with E-state index in [2.05, 4.69) is 12.2 Å². The molecule has 4 heteroatoms. The molecule has 0 spiro atoms. The molecule has 0 bridgehead atoms. The van der Waals surface area contributed by atoms with Crippen LogP contribution in [0.25, 0.3) is 0 Å². The Morgan fingerprint density at radius 2 is 1.80 bits per heavy atom. The average molecular weight is 287 g/mol. The van der Waals surface area contributed by atoms with E-state index in [1.165, 1.54) is 12.8 Å². The Morgan fingerprint density at radius 1 is 1.15 bits per heavy atom. The summed E-state index contributed by atoms with van der Waals surface area (Å²) in [6.07, 6.45) is 5.15. The van der Waals surface area contributed by atoms with Crippen LogP contribution in [-0.4, -0.2) is 37.4 Å². The average Bonchev–Trinajstić information content (AvgIpc) is 2.37. The molecule has 0 aliphatic carbocycles. The van der Waals surface area contributed by atoms with Gasteiger partial charge >= 0.3 is 5.97 Å². The molecule has 1 N–H and O–H groups in total. The lowest BCUT2D eigenvalue weighted by Crippen LogP contribution is -2.53. The molecule has 0 saturated heterocycles. The van der Waals surface area contributed by atoms with Crippen LogP contribution in [0, 0.1) is 0 Å². The first-order chi connectivity index (χ1) is 9.46. The molecule has 1 unspecified atom stereocenters. The number of esters is 1. The number of unbranched alkanes of at least 4 members (excludes halogenated alkanes) is 2. The first-order valence-electron chi connectivity index (χ1n) is 7.99. The summed E-state index contributed by atoms with van der Waals surface area (Å²) >= 11 is 0. The molecule has 4 nitrogen and oxygen atoms in total. The van der Waals surface area contributed by atoms with Crippen LogP contribution in [0.2, 0.25) is 0 Å². The van der Waals surface area contributed by atoms with Crippen molar-refractivity contribution in [3.05, 3.63) is 0 Å². The van der Waals surface area contributed by atoms with E-state index in [-0.39, 0.29) is 12.0 Å². The molecule has 0 aliphatic rings. The van der Waals surface area contributed by atoms with Gasteiger partial charge in [-0.05, 0) is 47.0 Å². The van der Waals surface area contributed by atoms with E-state index in [1.54, 1.807) is 0 Å². The van der Waals surface area contributed by atoms with Crippen molar-refractivity contribution < 1.29 is 14.3 Å². The number of ether oxygens (including phenoxy) is 2. The molecule has 0 amide bonds. The molecule has 0 aliphatic heterocycles. The van der Waals surface area contributed by atoms with E-state index in [1.807, 2.05) is 27.7 Å². The molecular formula is C16H33NO3. The van der Waals surface area contributed by atoms with Crippen LogP contribution in [0.5, 0.6) is 0 Å². The van der Waals surface area contributed by atoms with Gasteiger partial charge in [0, 0.05) is 19.3 Å². The van der Waals surface area contributed by atoms with Gasteiger partial charge in [-0.1, -0.05) is 19.8 Å². The van der Waals surface area contributed by atoms with E-state index < -0.39 is 5.54 Å². The number of rotatable bonds is 12. The van der Waals surface area contributed by atoms with Gasteiger partial charge in [0.05, 0.1) is 6.61 Å². The topological polar surface area (TPSA) is 47.6 Å². The van der Waals surface area contributed by atoms with Gasteiger partial charge in [0.25, 0.3) is 0 Å². The number of nitrogens with one attached hydrogen (secondary N) is 1. The monoisotopic (exact) mass is 287 g/mol. The van der Waals surface area contributed by atoms with Crippen molar-refractivity contribution >= 4 is 5.97 Å². The normalized spacial score (nSPS) is 14.3. The minimum absolute atomic E-state index is 0.167.